The molecule has 0 saturated carbocycles. The fourth-order valence-electron chi connectivity index (χ4n) is 3.30. The van der Waals surface area contributed by atoms with Gasteiger partial charge in [0.15, 0.2) is 5.01 Å². The molecule has 0 unspecified atom stereocenters. The molecule has 1 amide bonds. The zero-order valence-electron chi connectivity index (χ0n) is 18.7. The van der Waals surface area contributed by atoms with E-state index in [9.17, 15) is 18.0 Å². The summed E-state index contributed by atoms with van der Waals surface area (Å²) in [5.74, 6) is -0.297. The van der Waals surface area contributed by atoms with Crippen LogP contribution in [0, 0.1) is 26.2 Å². The van der Waals surface area contributed by atoms with Crippen molar-refractivity contribution in [2.45, 2.75) is 44.6 Å². The molecule has 0 saturated heterocycles. The number of aromatic nitrogens is 1. The van der Waals surface area contributed by atoms with Gasteiger partial charge in [0.05, 0.1) is 18.0 Å². The van der Waals surface area contributed by atoms with Gasteiger partial charge in [-0.2, -0.15) is 0 Å². The molecule has 0 bridgehead atoms. The van der Waals surface area contributed by atoms with Crippen molar-refractivity contribution >= 4 is 39.2 Å². The number of carbonyl (C=O) groups excluding carboxylic acids is 1. The fourth-order valence-corrected chi connectivity index (χ4v) is 5.41. The van der Waals surface area contributed by atoms with E-state index in [2.05, 4.69) is 20.3 Å². The lowest BCUT2D eigenvalue weighted by Crippen LogP contribution is -2.42. The first-order chi connectivity index (χ1) is 15.5. The summed E-state index contributed by atoms with van der Waals surface area (Å²) in [5, 5.41) is 23.6. The Morgan fingerprint density at radius 1 is 1.27 bits per heavy atom. The summed E-state index contributed by atoms with van der Waals surface area (Å²) in [6, 6.07) is 0.636. The zero-order valence-corrected chi connectivity index (χ0v) is 20.3. The van der Waals surface area contributed by atoms with Gasteiger partial charge in [0.1, 0.15) is 5.75 Å². The van der Waals surface area contributed by atoms with Crippen LogP contribution in [0.15, 0.2) is 22.5 Å². The van der Waals surface area contributed by atoms with Crippen LogP contribution in [0.5, 0.6) is 5.75 Å². The number of Topliss-reactive ketones (excluding diaryl/α,β-unsaturated/α-hetero) is 1. The maximum Gasteiger partial charge on any atom is 0.405 e. The largest absolute Gasteiger partial charge is 0.496 e. The van der Waals surface area contributed by atoms with Crippen molar-refractivity contribution in [2.24, 2.45) is 0 Å². The summed E-state index contributed by atoms with van der Waals surface area (Å²) >= 11 is 1.11. The minimum Gasteiger partial charge on any atom is -0.496 e. The van der Waals surface area contributed by atoms with Crippen molar-refractivity contribution in [1.82, 2.24) is 20.3 Å². The molecule has 0 radical (unpaired) electrons. The van der Waals surface area contributed by atoms with Crippen LogP contribution in [-0.2, 0) is 10.0 Å². The number of aryl methyl sites for hydroxylation is 1. The van der Waals surface area contributed by atoms with Gasteiger partial charge in [-0.15, -0.1) is 11.3 Å². The van der Waals surface area contributed by atoms with Crippen molar-refractivity contribution < 1.29 is 27.9 Å². The Labute approximate surface area is 196 Å². The highest BCUT2D eigenvalue weighted by molar-refractivity contribution is 7.90. The number of amides is 1. The SMILES string of the molecule is COc1cc(C)c(S(=O)(=O)NC(=N)NCCC[C@H](NC(=O)O)C(=O)c2nccs2)c(C)c1C. The first kappa shape index (κ1) is 26.1. The number of ether oxygens (including phenoxy) is 1. The molecule has 13 heteroatoms. The maximum absolute atomic E-state index is 12.9. The third-order valence-electron chi connectivity index (χ3n) is 4.93. The quantitative estimate of drug-likeness (QED) is 0.144. The second-order valence-electron chi connectivity index (χ2n) is 7.23. The molecule has 0 aliphatic heterocycles. The third kappa shape index (κ3) is 6.65. The first-order valence-corrected chi connectivity index (χ1v) is 12.3. The van der Waals surface area contributed by atoms with Gasteiger partial charge < -0.3 is 20.5 Å². The number of nitrogens with zero attached hydrogens (tertiary/aromatic N) is 1. The van der Waals surface area contributed by atoms with Crippen LogP contribution in [0.25, 0.3) is 0 Å². The van der Waals surface area contributed by atoms with Crippen LogP contribution in [-0.4, -0.2) is 56.0 Å². The third-order valence-corrected chi connectivity index (χ3v) is 7.36. The molecule has 2 rings (SSSR count). The Balaban J connectivity index is 1.97. The van der Waals surface area contributed by atoms with Gasteiger partial charge in [-0.3, -0.25) is 10.2 Å². The molecular weight excluding hydrogens is 470 g/mol. The minimum atomic E-state index is -4.02. The molecule has 1 heterocycles. The van der Waals surface area contributed by atoms with Gasteiger partial charge in [0.2, 0.25) is 11.7 Å². The molecule has 0 aliphatic rings. The highest BCUT2D eigenvalue weighted by Crippen LogP contribution is 2.30. The van der Waals surface area contributed by atoms with Crippen molar-refractivity contribution in [3.63, 3.8) is 0 Å². The van der Waals surface area contributed by atoms with Crippen molar-refractivity contribution in [1.29, 1.82) is 5.41 Å². The number of rotatable bonds is 10. The summed E-state index contributed by atoms with van der Waals surface area (Å²) in [4.78, 5) is 27.4. The van der Waals surface area contributed by atoms with Gasteiger partial charge in [-0.1, -0.05) is 0 Å². The number of carboxylic acid groups (broad SMARTS) is 1. The second kappa shape index (κ2) is 11.1. The van der Waals surface area contributed by atoms with Crippen LogP contribution in [0.3, 0.4) is 0 Å². The van der Waals surface area contributed by atoms with Crippen molar-refractivity contribution in [3.8, 4) is 5.75 Å². The lowest BCUT2D eigenvalue weighted by Gasteiger charge is -2.18. The number of guanidine groups is 1. The molecule has 2 aromatic rings. The molecule has 33 heavy (non-hydrogen) atoms. The Bertz CT molecular complexity index is 1130. The van der Waals surface area contributed by atoms with Crippen LogP contribution >= 0.6 is 11.3 Å². The molecule has 0 fully saturated rings. The van der Waals surface area contributed by atoms with Gasteiger partial charge in [0, 0.05) is 18.1 Å². The first-order valence-electron chi connectivity index (χ1n) is 9.91. The number of ketones is 1. The van der Waals surface area contributed by atoms with E-state index >= 15 is 0 Å². The van der Waals surface area contributed by atoms with Crippen LogP contribution in [0.1, 0.15) is 39.3 Å². The normalized spacial score (nSPS) is 12.0. The Kier molecular flexibility index (Phi) is 8.76. The summed E-state index contributed by atoms with van der Waals surface area (Å²) < 4.78 is 33.2. The summed E-state index contributed by atoms with van der Waals surface area (Å²) in [5.41, 5.74) is 1.69. The zero-order chi connectivity index (χ0) is 24.8. The monoisotopic (exact) mass is 497 g/mol. The van der Waals surface area contributed by atoms with Gasteiger partial charge in [-0.05, 0) is 56.4 Å². The van der Waals surface area contributed by atoms with Gasteiger partial charge >= 0.3 is 6.09 Å². The molecular formula is C20H27N5O6S2. The smallest absolute Gasteiger partial charge is 0.405 e. The van der Waals surface area contributed by atoms with Crippen LogP contribution in [0.4, 0.5) is 4.79 Å². The van der Waals surface area contributed by atoms with Crippen LogP contribution < -0.4 is 20.1 Å². The van der Waals surface area contributed by atoms with E-state index in [1.54, 1.807) is 32.2 Å². The van der Waals surface area contributed by atoms with Crippen molar-refractivity contribution in [3.05, 3.63) is 39.3 Å². The van der Waals surface area contributed by atoms with E-state index in [1.165, 1.54) is 13.3 Å². The molecule has 1 aromatic carbocycles. The van der Waals surface area contributed by atoms with Crippen LogP contribution in [0.2, 0.25) is 0 Å². The van der Waals surface area contributed by atoms with Gasteiger partial charge in [0.25, 0.3) is 10.0 Å². The molecule has 180 valence electrons. The second-order valence-corrected chi connectivity index (χ2v) is 9.74. The van der Waals surface area contributed by atoms with E-state index in [4.69, 9.17) is 15.3 Å². The summed E-state index contributed by atoms with van der Waals surface area (Å²) in [6.07, 6.45) is 0.566. The molecule has 0 spiro atoms. The number of carbonyl (C=O) groups is 2. The summed E-state index contributed by atoms with van der Waals surface area (Å²) in [7, 11) is -2.52. The number of nitrogens with one attached hydrogen (secondary N) is 4. The minimum absolute atomic E-state index is 0.0760. The lowest BCUT2D eigenvalue weighted by molar-refractivity contribution is 0.0930. The summed E-state index contributed by atoms with van der Waals surface area (Å²) in [6.45, 7) is 5.22. The maximum atomic E-state index is 12.9. The Morgan fingerprint density at radius 3 is 2.55 bits per heavy atom. The van der Waals surface area contributed by atoms with E-state index in [1.807, 2.05) is 0 Å². The molecule has 1 atom stereocenters. The molecule has 1 aromatic heterocycles. The highest BCUT2D eigenvalue weighted by Gasteiger charge is 2.25. The van der Waals surface area contributed by atoms with Crippen molar-refractivity contribution in [2.75, 3.05) is 13.7 Å². The number of benzene rings is 1. The predicted octanol–water partition coefficient (Wildman–Crippen LogP) is 2.18. The fraction of sp³-hybridized carbons (Fsp3) is 0.400. The Morgan fingerprint density at radius 2 is 1.97 bits per heavy atom. The predicted molar refractivity (Wildman–Crippen MR) is 124 cm³/mol. The lowest BCUT2D eigenvalue weighted by atomic mass is 10.1. The average molecular weight is 498 g/mol. The topological polar surface area (TPSA) is 171 Å². The van der Waals surface area contributed by atoms with E-state index in [-0.39, 0.29) is 22.9 Å². The highest BCUT2D eigenvalue weighted by atomic mass is 32.2. The number of methoxy groups -OCH3 is 1. The Hall–Kier alpha value is -3.19. The number of hydrogen-bond donors (Lipinski definition) is 5. The van der Waals surface area contributed by atoms with E-state index in [0.717, 1.165) is 11.3 Å². The number of thiazole rings is 1. The molecule has 5 N–H and O–H groups in total. The van der Waals surface area contributed by atoms with Gasteiger partial charge in [-0.25, -0.2) is 22.9 Å². The average Bonchev–Trinajstić information content (AvgIpc) is 3.26. The van der Waals surface area contributed by atoms with E-state index < -0.39 is 33.9 Å². The molecule has 0 aliphatic carbocycles. The van der Waals surface area contributed by atoms with E-state index in [0.29, 0.717) is 28.9 Å². The standard InChI is InChI=1S/C20H27N5O6S2/c1-11-10-15(31-4)12(2)13(3)17(11)33(29,30)25-19(21)23-7-5-6-14(24-20(27)28)16(26)18-22-8-9-32-18/h8-10,14,24H,5-7H2,1-4H3,(H,27,28)(H3,21,23,25)/t14-/m0/s1. The molecule has 11 nitrogen and oxygen atoms in total. The number of sulfonamides is 1. The number of hydrogen-bond acceptors (Lipinski definition) is 8.